The van der Waals surface area contributed by atoms with E-state index < -0.39 is 11.6 Å². The molecule has 0 fully saturated rings. The third-order valence-corrected chi connectivity index (χ3v) is 9.34. The molecule has 0 spiro atoms. The first kappa shape index (κ1) is 27.4. The van der Waals surface area contributed by atoms with Gasteiger partial charge in [-0.15, -0.1) is 0 Å². The van der Waals surface area contributed by atoms with Gasteiger partial charge in [-0.1, -0.05) is 90.8 Å². The Bertz CT molecular complexity index is 1680. The van der Waals surface area contributed by atoms with Crippen molar-refractivity contribution in [2.24, 2.45) is 5.92 Å². The Morgan fingerprint density at radius 2 is 1.36 bits per heavy atom. The van der Waals surface area contributed by atoms with Gasteiger partial charge in [0.05, 0.1) is 10.9 Å². The van der Waals surface area contributed by atoms with Gasteiger partial charge in [-0.25, -0.2) is 4.79 Å². The van der Waals surface area contributed by atoms with Crippen LogP contribution in [0.25, 0.3) is 0 Å². The Morgan fingerprint density at radius 3 is 2.02 bits per heavy atom. The molecule has 4 heteroatoms. The average molecular weight is 568 g/mol. The first-order chi connectivity index (χ1) is 20.5. The lowest BCUT2D eigenvalue weighted by Gasteiger charge is -2.29. The number of carbonyl (C=O) groups is 1. The van der Waals surface area contributed by atoms with Gasteiger partial charge < -0.3 is 9.47 Å². The van der Waals surface area contributed by atoms with Crippen LogP contribution in [0.15, 0.2) is 171 Å². The van der Waals surface area contributed by atoms with Crippen LogP contribution >= 0.6 is 0 Å². The van der Waals surface area contributed by atoms with Gasteiger partial charge in [0.1, 0.15) is 5.75 Å². The van der Waals surface area contributed by atoms with Crippen LogP contribution in [-0.2, 0) is 20.4 Å². The van der Waals surface area contributed by atoms with E-state index in [0.29, 0.717) is 5.75 Å². The van der Waals surface area contributed by atoms with E-state index in [4.69, 9.17) is 9.47 Å². The molecular weight excluding hydrogens is 536 g/mol. The summed E-state index contributed by atoms with van der Waals surface area (Å²) in [6.45, 7) is 3.41. The Hall–Kier alpha value is -4.72. The lowest BCUT2D eigenvalue weighted by Crippen LogP contribution is -2.29. The number of allylic oxidation sites excluding steroid dienone is 12. The molecule has 0 amide bonds. The number of ether oxygens (including phenoxy) is 2. The van der Waals surface area contributed by atoms with Gasteiger partial charge in [-0.2, -0.15) is 0 Å². The molecule has 0 saturated heterocycles. The zero-order chi connectivity index (χ0) is 28.9. The number of hydrogen-bond acceptors (Lipinski definition) is 3. The fourth-order valence-electron chi connectivity index (χ4n) is 5.20. The summed E-state index contributed by atoms with van der Waals surface area (Å²) in [6, 6.07) is 28.9. The van der Waals surface area contributed by atoms with Gasteiger partial charge in [0.15, 0.2) is 26.9 Å². The zero-order valence-electron chi connectivity index (χ0n) is 23.6. The van der Waals surface area contributed by atoms with Crippen LogP contribution in [0.2, 0.25) is 0 Å². The molecule has 0 aromatic heterocycles. The van der Waals surface area contributed by atoms with Gasteiger partial charge in [-0.3, -0.25) is 0 Å². The molecule has 0 bridgehead atoms. The second kappa shape index (κ2) is 12.0. The molecule has 3 aliphatic rings. The van der Waals surface area contributed by atoms with Crippen molar-refractivity contribution >= 4 is 16.9 Å². The smallest absolute Gasteiger partial charge is 0.345 e. The summed E-state index contributed by atoms with van der Waals surface area (Å²) in [6.07, 6.45) is 16.9. The second-order valence-corrected chi connectivity index (χ2v) is 12.6. The highest BCUT2D eigenvalue weighted by Gasteiger charge is 2.29. The van der Waals surface area contributed by atoms with Crippen LogP contribution < -0.4 is 4.74 Å². The quantitative estimate of drug-likeness (QED) is 0.165. The van der Waals surface area contributed by atoms with Crippen LogP contribution in [0, 0.1) is 17.8 Å². The van der Waals surface area contributed by atoms with Crippen molar-refractivity contribution in [2.75, 3.05) is 6.61 Å². The molecule has 3 aliphatic carbocycles. The highest BCUT2D eigenvalue weighted by Crippen LogP contribution is 2.40. The summed E-state index contributed by atoms with van der Waals surface area (Å²) >= 11 is 0. The van der Waals surface area contributed by atoms with Crippen LogP contribution in [0.1, 0.15) is 13.8 Å². The van der Waals surface area contributed by atoms with E-state index in [1.165, 1.54) is 31.4 Å². The van der Waals surface area contributed by atoms with Crippen LogP contribution in [0.5, 0.6) is 5.75 Å². The Labute approximate surface area is 250 Å². The number of esters is 1. The normalized spacial score (nSPS) is 16.7. The third-order valence-electron chi connectivity index (χ3n) is 7.11. The second-order valence-electron chi connectivity index (χ2n) is 10.6. The topological polar surface area (TPSA) is 35.5 Å². The Morgan fingerprint density at radius 1 is 0.762 bits per heavy atom. The number of benzene rings is 3. The largest absolute Gasteiger partial charge is 0.482 e. The van der Waals surface area contributed by atoms with Crippen molar-refractivity contribution in [3.05, 3.63) is 156 Å². The molecule has 0 aliphatic heterocycles. The molecule has 6 rings (SSSR count). The Balaban J connectivity index is 1.10. The molecule has 3 aromatic carbocycles. The molecule has 1 atom stereocenters. The van der Waals surface area contributed by atoms with Gasteiger partial charge in [0.2, 0.25) is 0 Å². The lowest BCUT2D eigenvalue weighted by molar-refractivity contribution is -0.154. The highest BCUT2D eigenvalue weighted by atomic mass is 32.2. The van der Waals surface area contributed by atoms with Gasteiger partial charge in [0, 0.05) is 11.5 Å². The van der Waals surface area contributed by atoms with Crippen LogP contribution in [-0.4, -0.2) is 18.2 Å². The predicted octanol–water partition coefficient (Wildman–Crippen LogP) is 7.96. The van der Waals surface area contributed by atoms with Crippen molar-refractivity contribution in [1.29, 1.82) is 0 Å². The van der Waals surface area contributed by atoms with Gasteiger partial charge in [-0.05, 0) is 85.2 Å². The molecule has 0 heterocycles. The number of hydrogen-bond donors (Lipinski definition) is 0. The molecule has 0 radical (unpaired) electrons. The summed E-state index contributed by atoms with van der Waals surface area (Å²) < 4.78 is 11.5. The van der Waals surface area contributed by atoms with Crippen molar-refractivity contribution in [1.82, 2.24) is 0 Å². The van der Waals surface area contributed by atoms with Crippen LogP contribution in [0.4, 0.5) is 0 Å². The molecular formula is C38H31O3S+. The van der Waals surface area contributed by atoms with Crippen LogP contribution in [0.3, 0.4) is 0 Å². The SMILES string of the molecule is CC(C)(C#CC1=C2C=CC=C3C=CC=C(C=C1)C32)OC(=O)COc1ccc([S+](c2ccccc2)c2ccccc2)cc1. The predicted molar refractivity (Wildman–Crippen MR) is 169 cm³/mol. The zero-order valence-corrected chi connectivity index (χ0v) is 24.4. The molecule has 0 N–H and O–H groups in total. The maximum Gasteiger partial charge on any atom is 0.345 e. The van der Waals surface area contributed by atoms with E-state index in [1.807, 2.05) is 30.3 Å². The monoisotopic (exact) mass is 567 g/mol. The minimum absolute atomic E-state index is 0.194. The molecule has 42 heavy (non-hydrogen) atoms. The van der Waals surface area contributed by atoms with Gasteiger partial charge in [0.25, 0.3) is 0 Å². The van der Waals surface area contributed by atoms with Crippen molar-refractivity contribution < 1.29 is 14.3 Å². The van der Waals surface area contributed by atoms with Crippen molar-refractivity contribution in [3.8, 4) is 17.6 Å². The van der Waals surface area contributed by atoms with Crippen molar-refractivity contribution in [2.45, 2.75) is 34.1 Å². The fourth-order valence-corrected chi connectivity index (χ4v) is 7.29. The van der Waals surface area contributed by atoms with E-state index in [1.54, 1.807) is 13.8 Å². The Kier molecular flexibility index (Phi) is 7.86. The maximum absolute atomic E-state index is 12.7. The van der Waals surface area contributed by atoms with Gasteiger partial charge >= 0.3 is 5.97 Å². The third kappa shape index (κ3) is 6.12. The summed E-state index contributed by atoms with van der Waals surface area (Å²) in [5, 5.41) is 0. The number of rotatable bonds is 7. The summed E-state index contributed by atoms with van der Waals surface area (Å²) in [5.41, 5.74) is 3.68. The molecule has 0 saturated carbocycles. The first-order valence-corrected chi connectivity index (χ1v) is 15.2. The van der Waals surface area contributed by atoms with E-state index >= 15 is 0 Å². The van der Waals surface area contributed by atoms with E-state index in [2.05, 4.69) is 115 Å². The fraction of sp³-hybridized carbons (Fsp3) is 0.132. The minimum Gasteiger partial charge on any atom is -0.482 e. The summed E-state index contributed by atoms with van der Waals surface area (Å²) in [4.78, 5) is 16.4. The maximum atomic E-state index is 12.7. The molecule has 3 nitrogen and oxygen atoms in total. The average Bonchev–Trinajstić information content (AvgIpc) is 3.02. The summed E-state index contributed by atoms with van der Waals surface area (Å²) in [7, 11) is -0.242. The van der Waals surface area contributed by atoms with E-state index in [-0.39, 0.29) is 23.4 Å². The standard InChI is InChI=1S/C38H31O3S/c1-38(2,26-25-28-19-20-30-12-9-11-29-13-10-18-35(28)37(29)30)41-36(39)27-40-31-21-23-34(24-22-31)42(32-14-5-3-6-15-32)33-16-7-4-8-17-33/h3-24,37H,27H2,1-2H3/q+1. The minimum atomic E-state index is -0.967. The first-order valence-electron chi connectivity index (χ1n) is 14.0. The highest BCUT2D eigenvalue weighted by molar-refractivity contribution is 7.97. The molecule has 206 valence electrons. The summed E-state index contributed by atoms with van der Waals surface area (Å²) in [5.74, 6) is 6.80. The molecule has 1 unspecified atom stereocenters. The van der Waals surface area contributed by atoms with E-state index in [0.717, 1.165) is 5.57 Å². The lowest BCUT2D eigenvalue weighted by atomic mass is 9.74. The van der Waals surface area contributed by atoms with E-state index in [9.17, 15) is 4.79 Å². The van der Waals surface area contributed by atoms with Crippen molar-refractivity contribution in [3.63, 3.8) is 0 Å². The number of carbonyl (C=O) groups excluding carboxylic acids is 1. The molecule has 3 aromatic rings.